The molecule has 0 bridgehead atoms. The molecule has 0 atom stereocenters. The van der Waals surface area contributed by atoms with Crippen LogP contribution in [0.25, 0.3) is 0 Å². The van der Waals surface area contributed by atoms with Crippen molar-refractivity contribution in [1.29, 1.82) is 0 Å². The van der Waals surface area contributed by atoms with E-state index in [0.717, 1.165) is 0 Å². The molecule has 0 aromatic carbocycles. The first kappa shape index (κ1) is 6.60. The van der Waals surface area contributed by atoms with E-state index in [9.17, 15) is 4.79 Å². The van der Waals surface area contributed by atoms with Crippen LogP contribution in [0.3, 0.4) is 0 Å². The molecule has 0 amide bonds. The number of hydrogen-bond acceptors (Lipinski definition) is 4. The minimum absolute atomic E-state index is 0.138. The normalized spacial score (nSPS) is 9.70. The van der Waals surface area contributed by atoms with Gasteiger partial charge in [-0.3, -0.25) is 4.79 Å². The third kappa shape index (κ3) is 0.928. The Labute approximate surface area is 56.5 Å². The maximum Gasteiger partial charge on any atom is 0.295 e. The SMILES string of the molecule is Cc1nc(N)c(O)c(=O)[nH]1. The minimum atomic E-state index is -0.606. The Morgan fingerprint density at radius 3 is 2.80 bits per heavy atom. The summed E-state index contributed by atoms with van der Waals surface area (Å²) < 4.78 is 0. The monoisotopic (exact) mass is 141 g/mol. The zero-order valence-corrected chi connectivity index (χ0v) is 5.38. The van der Waals surface area contributed by atoms with Crippen LogP contribution in [0.4, 0.5) is 5.82 Å². The molecule has 4 N–H and O–H groups in total. The largest absolute Gasteiger partial charge is 0.500 e. The number of nitrogens with two attached hydrogens (primary N) is 1. The summed E-state index contributed by atoms with van der Waals surface area (Å²) in [4.78, 5) is 16.5. The lowest BCUT2D eigenvalue weighted by Gasteiger charge is -1.95. The van der Waals surface area contributed by atoms with Crippen molar-refractivity contribution in [1.82, 2.24) is 9.97 Å². The van der Waals surface area contributed by atoms with Gasteiger partial charge in [0.25, 0.3) is 5.56 Å². The lowest BCUT2D eigenvalue weighted by Crippen LogP contribution is -2.11. The number of H-pyrrole nitrogens is 1. The number of aromatic hydroxyl groups is 1. The van der Waals surface area contributed by atoms with Crippen molar-refractivity contribution in [3.8, 4) is 5.75 Å². The zero-order valence-electron chi connectivity index (χ0n) is 5.38. The van der Waals surface area contributed by atoms with Gasteiger partial charge in [0, 0.05) is 0 Å². The van der Waals surface area contributed by atoms with Crippen molar-refractivity contribution in [3.63, 3.8) is 0 Å². The van der Waals surface area contributed by atoms with E-state index in [4.69, 9.17) is 10.8 Å². The molecule has 1 heterocycles. The van der Waals surface area contributed by atoms with Gasteiger partial charge in [-0.2, -0.15) is 0 Å². The van der Waals surface area contributed by atoms with Gasteiger partial charge < -0.3 is 15.8 Å². The fraction of sp³-hybridized carbons (Fsp3) is 0.200. The Kier molecular flexibility index (Phi) is 1.33. The van der Waals surface area contributed by atoms with Gasteiger partial charge in [-0.05, 0) is 6.92 Å². The molecular weight excluding hydrogens is 134 g/mol. The second kappa shape index (κ2) is 2.02. The van der Waals surface area contributed by atoms with Gasteiger partial charge in [-0.25, -0.2) is 4.98 Å². The van der Waals surface area contributed by atoms with Crippen LogP contribution in [0, 0.1) is 6.92 Å². The van der Waals surface area contributed by atoms with Crippen molar-refractivity contribution >= 4 is 5.82 Å². The summed E-state index contributed by atoms with van der Waals surface area (Å²) in [5.41, 5.74) is 4.53. The number of anilines is 1. The summed E-state index contributed by atoms with van der Waals surface area (Å²) in [6.07, 6.45) is 0. The van der Waals surface area contributed by atoms with Gasteiger partial charge >= 0.3 is 0 Å². The molecule has 0 saturated heterocycles. The Bertz CT molecular complexity index is 304. The summed E-state index contributed by atoms with van der Waals surface area (Å²) in [5, 5.41) is 8.80. The third-order valence-corrected chi connectivity index (χ3v) is 1.04. The summed E-state index contributed by atoms with van der Waals surface area (Å²) in [7, 11) is 0. The Hall–Kier alpha value is -1.52. The average molecular weight is 141 g/mol. The molecule has 1 aromatic heterocycles. The standard InChI is InChI=1S/C5H7N3O2/c1-2-7-4(6)3(9)5(10)8-2/h9H,1H3,(H3,6,7,8,10). The lowest BCUT2D eigenvalue weighted by atomic mass is 10.5. The highest BCUT2D eigenvalue weighted by atomic mass is 16.3. The highest BCUT2D eigenvalue weighted by Crippen LogP contribution is 2.07. The topological polar surface area (TPSA) is 92.0 Å². The summed E-state index contributed by atoms with van der Waals surface area (Å²) in [5.74, 6) is -0.271. The van der Waals surface area contributed by atoms with E-state index < -0.39 is 11.3 Å². The van der Waals surface area contributed by atoms with Crippen LogP contribution in [-0.4, -0.2) is 15.1 Å². The lowest BCUT2D eigenvalue weighted by molar-refractivity contribution is 0.466. The number of rotatable bonds is 0. The fourth-order valence-electron chi connectivity index (χ4n) is 0.601. The number of hydrogen-bond donors (Lipinski definition) is 3. The predicted molar refractivity (Wildman–Crippen MR) is 35.7 cm³/mol. The molecule has 0 fully saturated rings. The molecule has 0 saturated carbocycles. The molecular formula is C5H7N3O2. The highest BCUT2D eigenvalue weighted by Gasteiger charge is 2.02. The fourth-order valence-corrected chi connectivity index (χ4v) is 0.601. The molecule has 54 valence electrons. The van der Waals surface area contributed by atoms with Crippen molar-refractivity contribution < 1.29 is 5.11 Å². The van der Waals surface area contributed by atoms with Gasteiger partial charge in [-0.15, -0.1) is 0 Å². The zero-order chi connectivity index (χ0) is 7.72. The summed E-state index contributed by atoms with van der Waals surface area (Å²) >= 11 is 0. The first-order valence-electron chi connectivity index (χ1n) is 2.66. The van der Waals surface area contributed by atoms with Crippen LogP contribution in [0.5, 0.6) is 5.75 Å². The smallest absolute Gasteiger partial charge is 0.295 e. The Morgan fingerprint density at radius 2 is 2.30 bits per heavy atom. The number of aromatic nitrogens is 2. The highest BCUT2D eigenvalue weighted by molar-refractivity contribution is 5.42. The molecule has 0 radical (unpaired) electrons. The molecule has 5 heteroatoms. The van der Waals surface area contributed by atoms with E-state index in [1.807, 2.05) is 0 Å². The molecule has 1 aromatic rings. The number of nitrogen functional groups attached to an aromatic ring is 1. The van der Waals surface area contributed by atoms with Crippen LogP contribution < -0.4 is 11.3 Å². The van der Waals surface area contributed by atoms with Crippen molar-refractivity contribution in [2.24, 2.45) is 0 Å². The second-order valence-corrected chi connectivity index (χ2v) is 1.89. The molecule has 1 rings (SSSR count). The van der Waals surface area contributed by atoms with Gasteiger partial charge in [-0.1, -0.05) is 0 Å². The van der Waals surface area contributed by atoms with Crippen molar-refractivity contribution in [3.05, 3.63) is 16.2 Å². The predicted octanol–water partition coefficient (Wildman–Crippen LogP) is -0.634. The van der Waals surface area contributed by atoms with Crippen LogP contribution in [0.15, 0.2) is 4.79 Å². The molecule has 0 aliphatic heterocycles. The van der Waals surface area contributed by atoms with Crippen molar-refractivity contribution in [2.75, 3.05) is 5.73 Å². The van der Waals surface area contributed by atoms with Crippen LogP contribution in [0.2, 0.25) is 0 Å². The number of nitrogens with one attached hydrogen (secondary N) is 1. The van der Waals surface area contributed by atoms with Gasteiger partial charge in [0.15, 0.2) is 5.82 Å². The minimum Gasteiger partial charge on any atom is -0.500 e. The second-order valence-electron chi connectivity index (χ2n) is 1.89. The molecule has 0 spiro atoms. The molecule has 0 aliphatic carbocycles. The number of aromatic amines is 1. The van der Waals surface area contributed by atoms with E-state index in [1.54, 1.807) is 6.92 Å². The van der Waals surface area contributed by atoms with Crippen LogP contribution >= 0.6 is 0 Å². The molecule has 10 heavy (non-hydrogen) atoms. The quantitative estimate of drug-likeness (QED) is 0.448. The van der Waals surface area contributed by atoms with E-state index in [1.165, 1.54) is 0 Å². The molecule has 0 unspecified atom stereocenters. The maximum atomic E-state index is 10.6. The first-order chi connectivity index (χ1) is 4.61. The molecule has 0 aliphatic rings. The van der Waals surface area contributed by atoms with Crippen LogP contribution in [0.1, 0.15) is 5.82 Å². The van der Waals surface area contributed by atoms with Gasteiger partial charge in [0.05, 0.1) is 0 Å². The van der Waals surface area contributed by atoms with Gasteiger partial charge in [0.1, 0.15) is 5.82 Å². The summed E-state index contributed by atoms with van der Waals surface area (Å²) in [6.45, 7) is 1.58. The van der Waals surface area contributed by atoms with Crippen molar-refractivity contribution in [2.45, 2.75) is 6.92 Å². The van der Waals surface area contributed by atoms with E-state index >= 15 is 0 Å². The van der Waals surface area contributed by atoms with Gasteiger partial charge in [0.2, 0.25) is 5.75 Å². The maximum absolute atomic E-state index is 10.6. The number of aryl methyl sites for hydroxylation is 1. The van der Waals surface area contributed by atoms with E-state index in [-0.39, 0.29) is 5.82 Å². The van der Waals surface area contributed by atoms with Crippen LogP contribution in [-0.2, 0) is 0 Å². The van der Waals surface area contributed by atoms with E-state index in [2.05, 4.69) is 9.97 Å². The Balaban J connectivity index is 3.46. The Morgan fingerprint density at radius 1 is 1.70 bits per heavy atom. The van der Waals surface area contributed by atoms with E-state index in [0.29, 0.717) is 5.82 Å². The number of nitrogens with zero attached hydrogens (tertiary/aromatic N) is 1. The summed E-state index contributed by atoms with van der Waals surface area (Å²) in [6, 6.07) is 0. The molecule has 5 nitrogen and oxygen atoms in total. The average Bonchev–Trinajstić information content (AvgIpc) is 1.82. The third-order valence-electron chi connectivity index (χ3n) is 1.04. The first-order valence-corrected chi connectivity index (χ1v) is 2.66.